The summed E-state index contributed by atoms with van der Waals surface area (Å²) in [5.74, 6) is 0.630. The van der Waals surface area contributed by atoms with E-state index in [0.717, 1.165) is 0 Å². The maximum Gasteiger partial charge on any atom is 0.213 e. The first-order valence-electron chi connectivity index (χ1n) is 9.35. The average Bonchev–Trinajstić information content (AvgIpc) is 2.76. The molecule has 0 saturated heterocycles. The molecule has 3 rings (SSSR count). The van der Waals surface area contributed by atoms with Crippen LogP contribution in [-0.4, -0.2) is 39.5 Å². The van der Waals surface area contributed by atoms with Crippen LogP contribution >= 0.6 is 0 Å². The fourth-order valence-corrected chi connectivity index (χ4v) is 3.92. The van der Waals surface area contributed by atoms with Crippen molar-refractivity contribution in [1.82, 2.24) is 4.98 Å². The second kappa shape index (κ2) is 9.88. The van der Waals surface area contributed by atoms with Crippen LogP contribution in [-0.2, 0) is 20.5 Å². The van der Waals surface area contributed by atoms with Crippen LogP contribution < -0.4 is 14.6 Å². The molecule has 31 heavy (non-hydrogen) atoms. The molecule has 0 saturated carbocycles. The molecule has 0 radical (unpaired) electrons. The molecule has 2 aromatic carbocycles. The Labute approximate surface area is 181 Å². The maximum atomic E-state index is 11.6. The third-order valence-electron chi connectivity index (χ3n) is 4.56. The predicted octanol–water partition coefficient (Wildman–Crippen LogP) is 2.61. The van der Waals surface area contributed by atoms with Crippen LogP contribution in [0.2, 0.25) is 0 Å². The number of pyridine rings is 1. The summed E-state index contributed by atoms with van der Waals surface area (Å²) in [6, 6.07) is 15.4. The molecule has 1 atom stereocenters. The molecule has 0 spiro atoms. The predicted molar refractivity (Wildman–Crippen MR) is 116 cm³/mol. The molecule has 0 amide bonds. The molecule has 164 valence electrons. The molecule has 0 aliphatic heterocycles. The van der Waals surface area contributed by atoms with Crippen molar-refractivity contribution in [3.8, 4) is 22.6 Å². The molecule has 0 aliphatic rings. The third kappa shape index (κ3) is 5.59. The summed E-state index contributed by atoms with van der Waals surface area (Å²) in [4.78, 5) is 4.23. The van der Waals surface area contributed by atoms with Crippen LogP contribution in [0.5, 0.6) is 11.5 Å². The van der Waals surface area contributed by atoms with E-state index in [2.05, 4.69) is 4.98 Å². The lowest BCUT2D eigenvalue weighted by Crippen LogP contribution is -2.15. The molecule has 1 unspecified atom stereocenters. The van der Waals surface area contributed by atoms with E-state index in [-0.39, 0.29) is 12.5 Å². The second-order valence-electron chi connectivity index (χ2n) is 6.77. The van der Waals surface area contributed by atoms with Crippen molar-refractivity contribution < 1.29 is 27.7 Å². The summed E-state index contributed by atoms with van der Waals surface area (Å²) in [5.41, 5.74) is 2.47. The van der Waals surface area contributed by atoms with E-state index in [0.29, 0.717) is 39.4 Å². The molecule has 1 aromatic heterocycles. The van der Waals surface area contributed by atoms with Gasteiger partial charge >= 0.3 is 0 Å². The number of aromatic nitrogens is 1. The molecule has 1 heterocycles. The van der Waals surface area contributed by atoms with Crippen LogP contribution in [0.1, 0.15) is 22.9 Å². The number of hydrogen-bond donors (Lipinski definition) is 2. The highest BCUT2D eigenvalue weighted by Gasteiger charge is 2.23. The number of aliphatic hydroxyl groups excluding tert-OH is 1. The summed E-state index contributed by atoms with van der Waals surface area (Å²) in [7, 11) is -0.715. The van der Waals surface area contributed by atoms with Gasteiger partial charge in [-0.2, -0.15) is 0 Å². The Kier molecular flexibility index (Phi) is 7.24. The summed E-state index contributed by atoms with van der Waals surface area (Å²) in [6.45, 7) is 0.0157. The van der Waals surface area contributed by atoms with Gasteiger partial charge in [0.2, 0.25) is 10.0 Å². The number of nitrogens with zero attached hydrogens (tertiary/aromatic N) is 1. The maximum absolute atomic E-state index is 11.6. The number of aliphatic hydroxyl groups is 1. The number of methoxy groups -OCH3 is 2. The van der Waals surface area contributed by atoms with Crippen molar-refractivity contribution in [2.75, 3.05) is 21.0 Å². The first kappa shape index (κ1) is 22.7. The molecule has 9 heteroatoms. The van der Waals surface area contributed by atoms with Crippen LogP contribution in [0, 0.1) is 0 Å². The van der Waals surface area contributed by atoms with Gasteiger partial charge in [0, 0.05) is 13.3 Å². The lowest BCUT2D eigenvalue weighted by atomic mass is 9.92. The molecular formula is C22H24N2O6S. The summed E-state index contributed by atoms with van der Waals surface area (Å²) >= 11 is 0. The molecule has 0 bridgehead atoms. The topological polar surface area (TPSA) is 121 Å². The van der Waals surface area contributed by atoms with E-state index in [1.165, 1.54) is 14.2 Å². The zero-order chi connectivity index (χ0) is 22.4. The van der Waals surface area contributed by atoms with Gasteiger partial charge < -0.3 is 19.3 Å². The highest BCUT2D eigenvalue weighted by atomic mass is 32.2. The van der Waals surface area contributed by atoms with Gasteiger partial charge in [0.05, 0.1) is 24.1 Å². The summed E-state index contributed by atoms with van der Waals surface area (Å²) in [6.07, 6.45) is 0.444. The van der Waals surface area contributed by atoms with E-state index in [1.807, 2.05) is 0 Å². The molecule has 8 nitrogen and oxygen atoms in total. The molecule has 0 aliphatic carbocycles. The van der Waals surface area contributed by atoms with Crippen molar-refractivity contribution in [2.24, 2.45) is 5.14 Å². The average molecular weight is 445 g/mol. The van der Waals surface area contributed by atoms with Crippen molar-refractivity contribution in [2.45, 2.75) is 11.9 Å². The van der Waals surface area contributed by atoms with Gasteiger partial charge in [-0.15, -0.1) is 0 Å². The van der Waals surface area contributed by atoms with Crippen LogP contribution in [0.25, 0.3) is 11.1 Å². The zero-order valence-corrected chi connectivity index (χ0v) is 18.0. The minimum Gasteiger partial charge on any atom is -0.496 e. The van der Waals surface area contributed by atoms with E-state index in [9.17, 15) is 13.5 Å². The van der Waals surface area contributed by atoms with Crippen LogP contribution in [0.15, 0.2) is 60.8 Å². The Balaban J connectivity index is 2.23. The first-order chi connectivity index (χ1) is 14.8. The number of hydrogen-bond acceptors (Lipinski definition) is 7. The standard InChI is InChI=1S/C22H24N2O6S/c1-28-14-30-20-8-5-7-19(29-2)21(20)16-10-9-15(13-31(23,26)27)12-17(16)22(25)18-6-3-4-11-24-18/h3-12,22,25H,13-14H2,1-2H3,(H2,23,26,27). The van der Waals surface area contributed by atoms with Crippen molar-refractivity contribution >= 4 is 10.0 Å². The van der Waals surface area contributed by atoms with Gasteiger partial charge in [-0.1, -0.05) is 30.3 Å². The highest BCUT2D eigenvalue weighted by Crippen LogP contribution is 2.42. The van der Waals surface area contributed by atoms with E-state index >= 15 is 0 Å². The normalized spacial score (nSPS) is 12.4. The monoisotopic (exact) mass is 444 g/mol. The largest absolute Gasteiger partial charge is 0.496 e. The zero-order valence-electron chi connectivity index (χ0n) is 17.2. The Morgan fingerprint density at radius 1 is 1.06 bits per heavy atom. The molecule has 3 aromatic rings. The van der Waals surface area contributed by atoms with Gasteiger partial charge in [-0.3, -0.25) is 4.98 Å². The summed E-state index contributed by atoms with van der Waals surface area (Å²) < 4.78 is 39.5. The molecule has 3 N–H and O–H groups in total. The van der Waals surface area contributed by atoms with Crippen LogP contribution in [0.4, 0.5) is 0 Å². The van der Waals surface area contributed by atoms with E-state index in [4.69, 9.17) is 19.3 Å². The minimum atomic E-state index is -3.76. The molecule has 0 fully saturated rings. The van der Waals surface area contributed by atoms with Gasteiger partial charge in [0.15, 0.2) is 6.79 Å². The van der Waals surface area contributed by atoms with E-state index < -0.39 is 16.1 Å². The van der Waals surface area contributed by atoms with Crippen molar-refractivity contribution in [1.29, 1.82) is 0 Å². The number of primary sulfonamides is 1. The van der Waals surface area contributed by atoms with Gasteiger partial charge in [-0.05, 0) is 41.0 Å². The Morgan fingerprint density at radius 2 is 1.84 bits per heavy atom. The number of nitrogens with two attached hydrogens (primary N) is 1. The lowest BCUT2D eigenvalue weighted by molar-refractivity contribution is 0.0514. The van der Waals surface area contributed by atoms with Gasteiger partial charge in [-0.25, -0.2) is 13.6 Å². The highest BCUT2D eigenvalue weighted by molar-refractivity contribution is 7.88. The quantitative estimate of drug-likeness (QED) is 0.487. The lowest BCUT2D eigenvalue weighted by Gasteiger charge is -2.21. The smallest absolute Gasteiger partial charge is 0.213 e. The SMILES string of the molecule is COCOc1cccc(OC)c1-c1ccc(CS(N)(=O)=O)cc1C(O)c1ccccn1. The van der Waals surface area contributed by atoms with Gasteiger partial charge in [0.25, 0.3) is 0 Å². The fourth-order valence-electron chi connectivity index (χ4n) is 3.27. The Morgan fingerprint density at radius 3 is 2.48 bits per heavy atom. The number of benzene rings is 2. The third-order valence-corrected chi connectivity index (χ3v) is 5.29. The van der Waals surface area contributed by atoms with Gasteiger partial charge in [0.1, 0.15) is 17.6 Å². The number of sulfonamides is 1. The number of ether oxygens (including phenoxy) is 3. The van der Waals surface area contributed by atoms with E-state index in [1.54, 1.807) is 60.8 Å². The Bertz CT molecular complexity index is 1140. The molecular weight excluding hydrogens is 420 g/mol. The second-order valence-corrected chi connectivity index (χ2v) is 8.38. The first-order valence-corrected chi connectivity index (χ1v) is 11.1. The van der Waals surface area contributed by atoms with Crippen LogP contribution in [0.3, 0.4) is 0 Å². The fraction of sp³-hybridized carbons (Fsp3) is 0.227. The minimum absolute atomic E-state index is 0.0157. The van der Waals surface area contributed by atoms with Crippen molar-refractivity contribution in [3.63, 3.8) is 0 Å². The number of rotatable bonds is 9. The Hall–Kier alpha value is -2.98. The summed E-state index contributed by atoms with van der Waals surface area (Å²) in [5, 5.41) is 16.4. The van der Waals surface area contributed by atoms with Crippen molar-refractivity contribution in [3.05, 3.63) is 77.6 Å².